The normalized spacial score (nSPS) is 12.9. The molecule has 7 nitrogen and oxygen atoms in total. The van der Waals surface area contributed by atoms with Gasteiger partial charge in [-0.25, -0.2) is 15.0 Å². The minimum Gasteiger partial charge on any atom is -0.359 e. The molecule has 0 fully saturated rings. The molecule has 0 N–H and O–H groups in total. The molecule has 1 aliphatic rings. The van der Waals surface area contributed by atoms with Gasteiger partial charge in [-0.2, -0.15) is 0 Å². The monoisotopic (exact) mass is 456 g/mol. The number of hydrogen-bond donors (Lipinski definition) is 0. The molecule has 0 atom stereocenters. The van der Waals surface area contributed by atoms with E-state index in [1.54, 1.807) is 30.2 Å². The maximum absolute atomic E-state index is 12.8. The molecule has 164 valence electrons. The van der Waals surface area contributed by atoms with Gasteiger partial charge in [-0.1, -0.05) is 44.8 Å². The van der Waals surface area contributed by atoms with Crippen LogP contribution in [0.4, 0.5) is 5.82 Å². The Morgan fingerprint density at radius 2 is 2.06 bits per heavy atom. The summed E-state index contributed by atoms with van der Waals surface area (Å²) in [5, 5.41) is 0.839. The lowest BCUT2D eigenvalue weighted by Gasteiger charge is -2.15. The highest BCUT2D eigenvalue weighted by Gasteiger charge is 2.18. The smallest absolute Gasteiger partial charge is 0.275 e. The minimum atomic E-state index is -0.0984. The SMILES string of the molecule is C=C/C=C(\C)n1cnc2c(sc3ncnc(N(C)CC)c32)c1=O.C=C1CN=CS1.CC. The fourth-order valence-electron chi connectivity index (χ4n) is 2.68. The van der Waals surface area contributed by atoms with Crippen LogP contribution in [0.25, 0.3) is 26.1 Å². The van der Waals surface area contributed by atoms with Crippen molar-refractivity contribution in [2.75, 3.05) is 25.0 Å². The van der Waals surface area contributed by atoms with Crippen molar-refractivity contribution < 1.29 is 0 Å². The molecule has 9 heteroatoms. The standard InChI is InChI=1S/C16H17N5OS.C4H5NS.C2H6/c1-5-7-10(3)21-9-19-12-11-14(20(4)6-2)17-8-18-15(11)23-13(12)16(21)22;1-4-2-5-3-6-4;1-2/h5,7-9H,1,6H2,2-4H3;3H,1-2H2;1-2H3/b10-7+;;. The highest BCUT2D eigenvalue weighted by Crippen LogP contribution is 2.34. The second-order valence-electron chi connectivity index (χ2n) is 6.24. The molecular weight excluding hydrogens is 428 g/mol. The van der Waals surface area contributed by atoms with Gasteiger partial charge >= 0.3 is 0 Å². The summed E-state index contributed by atoms with van der Waals surface area (Å²) in [6, 6.07) is 0. The van der Waals surface area contributed by atoms with E-state index < -0.39 is 0 Å². The lowest BCUT2D eigenvalue weighted by Crippen LogP contribution is -2.19. The Morgan fingerprint density at radius 1 is 1.32 bits per heavy atom. The number of hydrogen-bond acceptors (Lipinski definition) is 8. The van der Waals surface area contributed by atoms with Crippen molar-refractivity contribution in [3.05, 3.63) is 53.2 Å². The summed E-state index contributed by atoms with van der Waals surface area (Å²) in [4.78, 5) is 33.8. The van der Waals surface area contributed by atoms with Gasteiger partial charge in [0, 0.05) is 24.2 Å². The highest BCUT2D eigenvalue weighted by atomic mass is 32.2. The number of thiophene rings is 1. The Balaban J connectivity index is 0.000000363. The summed E-state index contributed by atoms with van der Waals surface area (Å²) >= 11 is 2.96. The van der Waals surface area contributed by atoms with Crippen LogP contribution in [0.5, 0.6) is 0 Å². The third-order valence-electron chi connectivity index (χ3n) is 4.29. The van der Waals surface area contributed by atoms with Gasteiger partial charge in [0.2, 0.25) is 0 Å². The largest absolute Gasteiger partial charge is 0.359 e. The van der Waals surface area contributed by atoms with Crippen LogP contribution in [0.1, 0.15) is 27.7 Å². The Kier molecular flexibility index (Phi) is 9.14. The predicted octanol–water partition coefficient (Wildman–Crippen LogP) is 5.21. The van der Waals surface area contributed by atoms with Crippen molar-refractivity contribution >= 4 is 60.6 Å². The van der Waals surface area contributed by atoms with Gasteiger partial charge in [0.1, 0.15) is 33.5 Å². The predicted molar refractivity (Wildman–Crippen MR) is 138 cm³/mol. The molecule has 0 saturated heterocycles. The number of aliphatic imine (C=N–C) groups is 1. The number of nitrogens with zero attached hydrogens (tertiary/aromatic N) is 6. The van der Waals surface area contributed by atoms with E-state index in [4.69, 9.17) is 0 Å². The molecular formula is C22H28N6OS2. The van der Waals surface area contributed by atoms with Crippen LogP contribution in [-0.4, -0.2) is 45.2 Å². The lowest BCUT2D eigenvalue weighted by molar-refractivity contribution is 0.940. The second kappa shape index (κ2) is 11.6. The fraction of sp³-hybridized carbons (Fsp3) is 0.318. The Morgan fingerprint density at radius 3 is 2.61 bits per heavy atom. The van der Waals surface area contributed by atoms with Gasteiger partial charge in [0.05, 0.1) is 17.5 Å². The maximum Gasteiger partial charge on any atom is 0.275 e. The summed E-state index contributed by atoms with van der Waals surface area (Å²) in [7, 11) is 1.96. The Labute approximate surface area is 191 Å². The first kappa shape index (κ1) is 24.5. The minimum absolute atomic E-state index is 0.0984. The molecule has 31 heavy (non-hydrogen) atoms. The van der Waals surface area contributed by atoms with E-state index in [2.05, 4.69) is 33.1 Å². The molecule has 0 aliphatic carbocycles. The third kappa shape index (κ3) is 5.48. The molecule has 3 aromatic heterocycles. The van der Waals surface area contributed by atoms with Crippen LogP contribution in [0, 0.1) is 0 Å². The van der Waals surface area contributed by atoms with Gasteiger partial charge in [0.15, 0.2) is 0 Å². The molecule has 0 radical (unpaired) electrons. The van der Waals surface area contributed by atoms with Gasteiger partial charge < -0.3 is 4.90 Å². The van der Waals surface area contributed by atoms with Crippen molar-refractivity contribution in [2.45, 2.75) is 27.7 Å². The van der Waals surface area contributed by atoms with Crippen LogP contribution in [0.2, 0.25) is 0 Å². The molecule has 3 aromatic rings. The lowest BCUT2D eigenvalue weighted by atomic mass is 10.3. The van der Waals surface area contributed by atoms with E-state index in [0.717, 1.165) is 39.7 Å². The molecule has 1 aliphatic heterocycles. The second-order valence-corrected chi connectivity index (χ2v) is 8.26. The van der Waals surface area contributed by atoms with Gasteiger partial charge in [-0.3, -0.25) is 14.4 Å². The summed E-state index contributed by atoms with van der Waals surface area (Å²) < 4.78 is 2.11. The van der Waals surface area contributed by atoms with Crippen LogP contribution < -0.4 is 10.5 Å². The first-order chi connectivity index (χ1) is 15.0. The van der Waals surface area contributed by atoms with Crippen LogP contribution in [0.15, 0.2) is 52.7 Å². The molecule has 4 heterocycles. The molecule has 0 bridgehead atoms. The summed E-state index contributed by atoms with van der Waals surface area (Å²) in [6.45, 7) is 16.9. The van der Waals surface area contributed by atoms with Gasteiger partial charge in [0.25, 0.3) is 5.56 Å². The highest BCUT2D eigenvalue weighted by molar-refractivity contribution is 8.15. The zero-order valence-corrected chi connectivity index (χ0v) is 20.3. The quantitative estimate of drug-likeness (QED) is 0.502. The van der Waals surface area contributed by atoms with Crippen LogP contribution in [-0.2, 0) is 0 Å². The van der Waals surface area contributed by atoms with E-state index in [9.17, 15) is 4.79 Å². The number of fused-ring (bicyclic) bond motifs is 3. The number of thioether (sulfide) groups is 1. The Hall–Kier alpha value is -2.78. The van der Waals surface area contributed by atoms with E-state index in [1.807, 2.05) is 45.2 Å². The number of anilines is 1. The van der Waals surface area contributed by atoms with E-state index in [0.29, 0.717) is 10.2 Å². The zero-order valence-electron chi connectivity index (χ0n) is 18.6. The summed E-state index contributed by atoms with van der Waals surface area (Å²) in [6.07, 6.45) is 6.50. The molecule has 4 rings (SSSR count). The van der Waals surface area contributed by atoms with Crippen molar-refractivity contribution in [3.63, 3.8) is 0 Å². The average molecular weight is 457 g/mol. The van der Waals surface area contributed by atoms with Crippen molar-refractivity contribution in [2.24, 2.45) is 4.99 Å². The number of rotatable bonds is 4. The zero-order chi connectivity index (χ0) is 23.0. The molecule has 0 aromatic carbocycles. The average Bonchev–Trinajstić information content (AvgIpc) is 3.42. The summed E-state index contributed by atoms with van der Waals surface area (Å²) in [5.41, 5.74) is 3.16. The number of allylic oxidation sites excluding steroid dienone is 3. The van der Waals surface area contributed by atoms with Crippen molar-refractivity contribution in [1.29, 1.82) is 0 Å². The summed E-state index contributed by atoms with van der Waals surface area (Å²) in [5.74, 6) is 0.798. The van der Waals surface area contributed by atoms with Gasteiger partial charge in [-0.15, -0.1) is 11.3 Å². The van der Waals surface area contributed by atoms with E-state index in [-0.39, 0.29) is 5.56 Å². The number of aromatic nitrogens is 4. The molecule has 0 spiro atoms. The van der Waals surface area contributed by atoms with Gasteiger partial charge in [-0.05, 0) is 19.9 Å². The van der Waals surface area contributed by atoms with E-state index >= 15 is 0 Å². The Bertz CT molecular complexity index is 1180. The van der Waals surface area contributed by atoms with Crippen LogP contribution >= 0.6 is 23.1 Å². The van der Waals surface area contributed by atoms with Crippen molar-refractivity contribution in [1.82, 2.24) is 19.5 Å². The van der Waals surface area contributed by atoms with E-state index in [1.165, 1.54) is 22.2 Å². The first-order valence-corrected chi connectivity index (χ1v) is 11.7. The fourth-order valence-corrected chi connectivity index (χ4v) is 4.15. The topological polar surface area (TPSA) is 76.3 Å². The van der Waals surface area contributed by atoms with Crippen molar-refractivity contribution in [3.8, 4) is 0 Å². The molecule has 0 saturated carbocycles. The first-order valence-electron chi connectivity index (χ1n) is 9.96. The molecule has 0 amide bonds. The maximum atomic E-state index is 12.8. The van der Waals surface area contributed by atoms with Crippen LogP contribution in [0.3, 0.4) is 0 Å². The third-order valence-corrected chi connectivity index (χ3v) is 6.09. The molecule has 0 unspecified atom stereocenters.